The van der Waals surface area contributed by atoms with Crippen molar-refractivity contribution in [3.63, 3.8) is 0 Å². The molecule has 0 saturated heterocycles. The third-order valence-corrected chi connectivity index (χ3v) is 2.60. The second-order valence-electron chi connectivity index (χ2n) is 4.13. The molecular formula is C15H15N3O2. The molecule has 0 bridgehead atoms. The van der Waals surface area contributed by atoms with Crippen molar-refractivity contribution in [3.05, 3.63) is 59.4 Å². The third-order valence-electron chi connectivity index (χ3n) is 2.60. The number of nitrogens with one attached hydrogen (secondary N) is 1. The topological polar surface area (TPSA) is 63.6 Å². The SMILES string of the molecule is COc1cccc(C(=O)N/N=C/c2cccc(C)n2)c1. The first-order valence-corrected chi connectivity index (χ1v) is 6.10. The first-order valence-electron chi connectivity index (χ1n) is 6.10. The molecule has 1 aromatic carbocycles. The van der Waals surface area contributed by atoms with E-state index in [9.17, 15) is 4.79 Å². The van der Waals surface area contributed by atoms with Crippen LogP contribution in [-0.2, 0) is 0 Å². The van der Waals surface area contributed by atoms with E-state index >= 15 is 0 Å². The fourth-order valence-electron chi connectivity index (χ4n) is 1.62. The van der Waals surface area contributed by atoms with Gasteiger partial charge >= 0.3 is 0 Å². The van der Waals surface area contributed by atoms with Crippen molar-refractivity contribution in [2.75, 3.05) is 7.11 Å². The molecule has 0 atom stereocenters. The number of methoxy groups -OCH3 is 1. The number of pyridine rings is 1. The molecule has 0 aliphatic carbocycles. The molecule has 1 aromatic heterocycles. The van der Waals surface area contributed by atoms with E-state index < -0.39 is 0 Å². The zero-order chi connectivity index (χ0) is 14.4. The Morgan fingerprint density at radius 2 is 2.10 bits per heavy atom. The Morgan fingerprint density at radius 3 is 2.85 bits per heavy atom. The van der Waals surface area contributed by atoms with Gasteiger partial charge in [0.25, 0.3) is 5.91 Å². The average molecular weight is 269 g/mol. The average Bonchev–Trinajstić information content (AvgIpc) is 2.47. The zero-order valence-electron chi connectivity index (χ0n) is 11.3. The molecule has 5 nitrogen and oxygen atoms in total. The molecule has 2 rings (SSSR count). The Morgan fingerprint density at radius 1 is 1.30 bits per heavy atom. The van der Waals surface area contributed by atoms with Gasteiger partial charge in [-0.1, -0.05) is 12.1 Å². The highest BCUT2D eigenvalue weighted by Crippen LogP contribution is 2.12. The van der Waals surface area contributed by atoms with E-state index in [1.807, 2.05) is 25.1 Å². The summed E-state index contributed by atoms with van der Waals surface area (Å²) in [5, 5.41) is 3.89. The minimum atomic E-state index is -0.298. The lowest BCUT2D eigenvalue weighted by atomic mass is 10.2. The summed E-state index contributed by atoms with van der Waals surface area (Å²) in [5.41, 5.74) is 4.53. The van der Waals surface area contributed by atoms with Gasteiger partial charge in [0.15, 0.2) is 0 Å². The van der Waals surface area contributed by atoms with Crippen LogP contribution in [0.4, 0.5) is 0 Å². The van der Waals surface area contributed by atoms with Gasteiger partial charge in [-0.3, -0.25) is 9.78 Å². The maximum atomic E-state index is 11.9. The number of aromatic nitrogens is 1. The number of amides is 1. The predicted octanol–water partition coefficient (Wildman–Crippen LogP) is 2.16. The number of aryl methyl sites for hydroxylation is 1. The molecule has 0 aliphatic rings. The summed E-state index contributed by atoms with van der Waals surface area (Å²) >= 11 is 0. The molecule has 20 heavy (non-hydrogen) atoms. The fourth-order valence-corrected chi connectivity index (χ4v) is 1.62. The van der Waals surface area contributed by atoms with E-state index in [4.69, 9.17) is 4.74 Å². The number of carbonyl (C=O) groups excluding carboxylic acids is 1. The van der Waals surface area contributed by atoms with E-state index in [0.29, 0.717) is 17.0 Å². The van der Waals surface area contributed by atoms with Crippen LogP contribution in [0, 0.1) is 6.92 Å². The zero-order valence-corrected chi connectivity index (χ0v) is 11.3. The second kappa shape index (κ2) is 6.47. The first-order chi connectivity index (χ1) is 9.69. The summed E-state index contributed by atoms with van der Waals surface area (Å²) in [5.74, 6) is 0.329. The quantitative estimate of drug-likeness (QED) is 0.683. The number of hydrogen-bond acceptors (Lipinski definition) is 4. The predicted molar refractivity (Wildman–Crippen MR) is 77.0 cm³/mol. The van der Waals surface area contributed by atoms with Crippen molar-refractivity contribution >= 4 is 12.1 Å². The second-order valence-corrected chi connectivity index (χ2v) is 4.13. The monoisotopic (exact) mass is 269 g/mol. The molecule has 102 valence electrons. The lowest BCUT2D eigenvalue weighted by Crippen LogP contribution is -2.17. The standard InChI is InChI=1S/C15H15N3O2/c1-11-5-3-7-13(17-11)10-16-18-15(19)12-6-4-8-14(9-12)20-2/h3-10H,1-2H3,(H,18,19)/b16-10+. The maximum Gasteiger partial charge on any atom is 0.271 e. The van der Waals surface area contributed by atoms with Gasteiger partial charge < -0.3 is 4.74 Å². The molecule has 0 spiro atoms. The maximum absolute atomic E-state index is 11.9. The smallest absolute Gasteiger partial charge is 0.271 e. The van der Waals surface area contributed by atoms with Crippen molar-refractivity contribution in [2.24, 2.45) is 5.10 Å². The van der Waals surface area contributed by atoms with Gasteiger partial charge in [0.1, 0.15) is 5.75 Å². The molecule has 0 aliphatic heterocycles. The molecule has 1 N–H and O–H groups in total. The number of benzene rings is 1. The lowest BCUT2D eigenvalue weighted by Gasteiger charge is -2.02. The van der Waals surface area contributed by atoms with E-state index in [-0.39, 0.29) is 5.91 Å². The van der Waals surface area contributed by atoms with Crippen LogP contribution in [0.1, 0.15) is 21.7 Å². The van der Waals surface area contributed by atoms with Crippen LogP contribution in [0.5, 0.6) is 5.75 Å². The third kappa shape index (κ3) is 3.65. The summed E-state index contributed by atoms with van der Waals surface area (Å²) in [7, 11) is 1.55. The Bertz CT molecular complexity index is 639. The van der Waals surface area contributed by atoms with Crippen LogP contribution in [0.25, 0.3) is 0 Å². The minimum absolute atomic E-state index is 0.298. The number of carbonyl (C=O) groups is 1. The largest absolute Gasteiger partial charge is 0.497 e. The Balaban J connectivity index is 2.01. The van der Waals surface area contributed by atoms with Crippen molar-refractivity contribution in [1.82, 2.24) is 10.4 Å². The summed E-state index contributed by atoms with van der Waals surface area (Å²) in [6.45, 7) is 1.90. The van der Waals surface area contributed by atoms with Gasteiger partial charge in [-0.25, -0.2) is 5.43 Å². The van der Waals surface area contributed by atoms with Gasteiger partial charge in [0, 0.05) is 11.3 Å². The molecule has 1 heterocycles. The summed E-state index contributed by atoms with van der Waals surface area (Å²) in [4.78, 5) is 16.1. The first kappa shape index (κ1) is 13.7. The van der Waals surface area contributed by atoms with Gasteiger partial charge in [-0.05, 0) is 37.3 Å². The number of nitrogens with zero attached hydrogens (tertiary/aromatic N) is 2. The summed E-state index contributed by atoms with van der Waals surface area (Å²) in [6.07, 6.45) is 1.51. The Kier molecular flexibility index (Phi) is 4.44. The van der Waals surface area contributed by atoms with Crippen LogP contribution in [0.3, 0.4) is 0 Å². The molecular weight excluding hydrogens is 254 g/mol. The highest BCUT2D eigenvalue weighted by atomic mass is 16.5. The van der Waals surface area contributed by atoms with Crippen LogP contribution < -0.4 is 10.2 Å². The summed E-state index contributed by atoms with van der Waals surface area (Å²) in [6, 6.07) is 12.5. The van der Waals surface area contributed by atoms with Crippen molar-refractivity contribution < 1.29 is 9.53 Å². The molecule has 0 unspecified atom stereocenters. The van der Waals surface area contributed by atoms with E-state index in [0.717, 1.165) is 5.69 Å². The van der Waals surface area contributed by atoms with Gasteiger partial charge in [0.2, 0.25) is 0 Å². The fraction of sp³-hybridized carbons (Fsp3) is 0.133. The van der Waals surface area contributed by atoms with E-state index in [2.05, 4.69) is 15.5 Å². The van der Waals surface area contributed by atoms with Crippen molar-refractivity contribution in [1.29, 1.82) is 0 Å². The van der Waals surface area contributed by atoms with Gasteiger partial charge in [0.05, 0.1) is 19.0 Å². The molecule has 5 heteroatoms. The normalized spacial score (nSPS) is 10.5. The molecule has 0 fully saturated rings. The number of hydrogen-bond donors (Lipinski definition) is 1. The van der Waals surface area contributed by atoms with Crippen LogP contribution in [0.2, 0.25) is 0 Å². The van der Waals surface area contributed by atoms with E-state index in [1.54, 1.807) is 31.4 Å². The number of ether oxygens (including phenoxy) is 1. The molecule has 0 radical (unpaired) electrons. The minimum Gasteiger partial charge on any atom is -0.497 e. The molecule has 0 saturated carbocycles. The van der Waals surface area contributed by atoms with Crippen molar-refractivity contribution in [3.8, 4) is 5.75 Å². The lowest BCUT2D eigenvalue weighted by molar-refractivity contribution is 0.0955. The highest BCUT2D eigenvalue weighted by molar-refractivity contribution is 5.95. The van der Waals surface area contributed by atoms with Crippen molar-refractivity contribution in [2.45, 2.75) is 6.92 Å². The van der Waals surface area contributed by atoms with E-state index in [1.165, 1.54) is 6.21 Å². The Hall–Kier alpha value is -2.69. The summed E-state index contributed by atoms with van der Waals surface area (Å²) < 4.78 is 5.06. The highest BCUT2D eigenvalue weighted by Gasteiger charge is 2.04. The van der Waals surface area contributed by atoms with Gasteiger partial charge in [-0.15, -0.1) is 0 Å². The number of hydrazone groups is 1. The molecule has 2 aromatic rings. The molecule has 1 amide bonds. The van der Waals surface area contributed by atoms with Crippen LogP contribution in [0.15, 0.2) is 47.6 Å². The number of rotatable bonds is 4. The van der Waals surface area contributed by atoms with Crippen LogP contribution in [-0.4, -0.2) is 24.2 Å². The Labute approximate surface area is 117 Å². The van der Waals surface area contributed by atoms with Gasteiger partial charge in [-0.2, -0.15) is 5.10 Å². The van der Waals surface area contributed by atoms with Crippen LogP contribution >= 0.6 is 0 Å².